The minimum atomic E-state index is -0.767. The van der Waals surface area contributed by atoms with Crippen LogP contribution in [-0.2, 0) is 6.54 Å². The highest BCUT2D eigenvalue weighted by Crippen LogP contribution is 2.23. The van der Waals surface area contributed by atoms with Gasteiger partial charge in [-0.05, 0) is 35.9 Å². The van der Waals surface area contributed by atoms with E-state index in [9.17, 15) is 18.4 Å². The summed E-state index contributed by atoms with van der Waals surface area (Å²) in [5.41, 5.74) is 0.214. The van der Waals surface area contributed by atoms with Crippen molar-refractivity contribution >= 4 is 11.6 Å². The van der Waals surface area contributed by atoms with Crippen LogP contribution in [0.2, 0.25) is 0 Å². The molecular weight excluding hydrogens is 382 g/mol. The number of hydrogen-bond acceptors (Lipinski definition) is 4. The van der Waals surface area contributed by atoms with Gasteiger partial charge in [-0.1, -0.05) is 0 Å². The molecule has 0 aliphatic heterocycles. The van der Waals surface area contributed by atoms with Crippen molar-refractivity contribution in [3.8, 4) is 11.5 Å². The lowest BCUT2D eigenvalue weighted by molar-refractivity contribution is 0.102. The van der Waals surface area contributed by atoms with Crippen molar-refractivity contribution in [3.05, 3.63) is 87.8 Å². The minimum absolute atomic E-state index is 0.114. The van der Waals surface area contributed by atoms with Crippen molar-refractivity contribution in [1.29, 1.82) is 0 Å². The highest BCUT2D eigenvalue weighted by Gasteiger charge is 2.12. The third kappa shape index (κ3) is 4.78. The Balaban J connectivity index is 1.87. The van der Waals surface area contributed by atoms with E-state index in [0.717, 1.165) is 23.8 Å². The first kappa shape index (κ1) is 20.1. The number of rotatable bonds is 6. The first-order chi connectivity index (χ1) is 13.9. The van der Waals surface area contributed by atoms with Gasteiger partial charge in [0, 0.05) is 24.4 Å². The van der Waals surface area contributed by atoms with Crippen LogP contribution < -0.4 is 20.3 Å². The summed E-state index contributed by atoms with van der Waals surface area (Å²) >= 11 is 0. The third-order valence-electron chi connectivity index (χ3n) is 4.19. The molecule has 0 unspecified atom stereocenters. The maximum Gasteiger partial charge on any atom is 0.257 e. The number of carbonyl (C=O) groups excluding carboxylic acids is 1. The minimum Gasteiger partial charge on any atom is -0.497 e. The number of halogens is 2. The molecule has 8 heteroatoms. The molecule has 0 spiro atoms. The summed E-state index contributed by atoms with van der Waals surface area (Å²) in [6.07, 6.45) is 1.35. The molecule has 0 saturated carbocycles. The van der Waals surface area contributed by atoms with E-state index in [4.69, 9.17) is 9.47 Å². The molecular formula is C21H18F2N2O4. The Hall–Kier alpha value is -3.68. The second-order valence-corrected chi connectivity index (χ2v) is 6.18. The van der Waals surface area contributed by atoms with E-state index in [2.05, 4.69) is 5.32 Å². The average molecular weight is 400 g/mol. The van der Waals surface area contributed by atoms with E-state index in [-0.39, 0.29) is 23.4 Å². The molecule has 0 atom stereocenters. The van der Waals surface area contributed by atoms with Crippen molar-refractivity contribution in [3.63, 3.8) is 0 Å². The van der Waals surface area contributed by atoms with Gasteiger partial charge in [0.1, 0.15) is 23.1 Å². The molecule has 150 valence electrons. The Morgan fingerprint density at radius 3 is 2.34 bits per heavy atom. The largest absolute Gasteiger partial charge is 0.497 e. The van der Waals surface area contributed by atoms with Crippen LogP contribution in [0.5, 0.6) is 11.5 Å². The highest BCUT2D eigenvalue weighted by atomic mass is 19.1. The molecule has 0 fully saturated rings. The lowest BCUT2D eigenvalue weighted by Crippen LogP contribution is -2.22. The number of carbonyl (C=O) groups is 1. The van der Waals surface area contributed by atoms with E-state index in [1.807, 2.05) is 0 Å². The molecule has 1 aromatic heterocycles. The summed E-state index contributed by atoms with van der Waals surface area (Å²) in [4.78, 5) is 24.7. The number of hydrogen-bond donors (Lipinski definition) is 1. The molecule has 1 amide bonds. The molecule has 6 nitrogen and oxygen atoms in total. The van der Waals surface area contributed by atoms with Gasteiger partial charge in [0.15, 0.2) is 0 Å². The van der Waals surface area contributed by atoms with Crippen LogP contribution >= 0.6 is 0 Å². The fourth-order valence-corrected chi connectivity index (χ4v) is 2.73. The highest BCUT2D eigenvalue weighted by molar-refractivity contribution is 6.04. The van der Waals surface area contributed by atoms with Gasteiger partial charge >= 0.3 is 0 Å². The van der Waals surface area contributed by atoms with Crippen LogP contribution in [0.4, 0.5) is 14.5 Å². The second kappa shape index (κ2) is 8.55. The normalized spacial score (nSPS) is 10.5. The predicted octanol–water partition coefficient (Wildman–Crippen LogP) is 3.44. The number of nitrogens with one attached hydrogen (secondary N) is 1. The lowest BCUT2D eigenvalue weighted by atomic mass is 10.2. The van der Waals surface area contributed by atoms with Gasteiger partial charge in [-0.2, -0.15) is 0 Å². The number of methoxy groups -OCH3 is 2. The molecule has 0 bridgehead atoms. The Kier molecular flexibility index (Phi) is 5.92. The van der Waals surface area contributed by atoms with Crippen molar-refractivity contribution < 1.29 is 23.0 Å². The van der Waals surface area contributed by atoms with E-state index < -0.39 is 17.5 Å². The van der Waals surface area contributed by atoms with E-state index in [1.165, 1.54) is 37.1 Å². The summed E-state index contributed by atoms with van der Waals surface area (Å²) in [6, 6.07) is 10.5. The van der Waals surface area contributed by atoms with Crippen molar-refractivity contribution in [2.24, 2.45) is 0 Å². The SMILES string of the molecule is COc1cc(Cn2cc(C(=O)Nc3cc(F)ccc3F)ccc2=O)cc(OC)c1. The van der Waals surface area contributed by atoms with Crippen molar-refractivity contribution in [2.45, 2.75) is 6.54 Å². The van der Waals surface area contributed by atoms with Gasteiger partial charge in [-0.25, -0.2) is 8.78 Å². The first-order valence-corrected chi connectivity index (χ1v) is 8.58. The number of nitrogens with zero attached hydrogens (tertiary/aromatic N) is 1. The summed E-state index contributed by atoms with van der Waals surface area (Å²) in [6.45, 7) is 0.155. The zero-order valence-electron chi connectivity index (χ0n) is 15.7. The van der Waals surface area contributed by atoms with E-state index in [0.29, 0.717) is 11.5 Å². The molecule has 2 aromatic carbocycles. The zero-order chi connectivity index (χ0) is 21.0. The first-order valence-electron chi connectivity index (χ1n) is 8.58. The number of benzene rings is 2. The zero-order valence-corrected chi connectivity index (χ0v) is 15.7. The van der Waals surface area contributed by atoms with Crippen LogP contribution in [-0.4, -0.2) is 24.7 Å². The maximum atomic E-state index is 13.8. The van der Waals surface area contributed by atoms with Gasteiger partial charge in [0.2, 0.25) is 0 Å². The second-order valence-electron chi connectivity index (χ2n) is 6.18. The molecule has 1 heterocycles. The molecule has 3 rings (SSSR count). The van der Waals surface area contributed by atoms with Crippen LogP contribution in [0.3, 0.4) is 0 Å². The Morgan fingerprint density at radius 2 is 1.69 bits per heavy atom. The molecule has 29 heavy (non-hydrogen) atoms. The standard InChI is InChI=1S/C21H18F2N2O4/c1-28-16-7-13(8-17(10-16)29-2)11-25-12-14(3-6-20(25)26)21(27)24-19-9-15(22)4-5-18(19)23/h3-10,12H,11H2,1-2H3,(H,24,27). The van der Waals surface area contributed by atoms with Crippen LogP contribution in [0.15, 0.2) is 59.5 Å². The summed E-state index contributed by atoms with van der Waals surface area (Å²) in [5.74, 6) is -1.01. The van der Waals surface area contributed by atoms with Crippen LogP contribution in [0, 0.1) is 11.6 Å². The quantitative estimate of drug-likeness (QED) is 0.688. The molecule has 0 radical (unpaired) electrons. The summed E-state index contributed by atoms with van der Waals surface area (Å²) in [5, 5.41) is 2.31. The molecule has 1 N–H and O–H groups in total. The van der Waals surface area contributed by atoms with Gasteiger partial charge in [0.25, 0.3) is 11.5 Å². The van der Waals surface area contributed by atoms with Gasteiger partial charge in [0.05, 0.1) is 32.0 Å². The van der Waals surface area contributed by atoms with E-state index in [1.54, 1.807) is 18.2 Å². The van der Waals surface area contributed by atoms with Crippen molar-refractivity contribution in [2.75, 3.05) is 19.5 Å². The maximum absolute atomic E-state index is 13.8. The monoisotopic (exact) mass is 400 g/mol. The topological polar surface area (TPSA) is 69.6 Å². The third-order valence-corrected chi connectivity index (χ3v) is 4.19. The molecule has 3 aromatic rings. The van der Waals surface area contributed by atoms with Gasteiger partial charge < -0.3 is 19.4 Å². The Bertz CT molecular complexity index is 1090. The lowest BCUT2D eigenvalue weighted by Gasteiger charge is -2.12. The van der Waals surface area contributed by atoms with Crippen molar-refractivity contribution in [1.82, 2.24) is 4.57 Å². The molecule has 0 saturated heterocycles. The fraction of sp³-hybridized carbons (Fsp3) is 0.143. The van der Waals surface area contributed by atoms with E-state index >= 15 is 0 Å². The average Bonchev–Trinajstić information content (AvgIpc) is 2.71. The molecule has 0 aliphatic rings. The van der Waals surface area contributed by atoms with Gasteiger partial charge in [-0.3, -0.25) is 9.59 Å². The number of pyridine rings is 1. The predicted molar refractivity (Wildman–Crippen MR) is 104 cm³/mol. The smallest absolute Gasteiger partial charge is 0.257 e. The molecule has 0 aliphatic carbocycles. The summed E-state index contributed by atoms with van der Waals surface area (Å²) < 4.78 is 38.8. The van der Waals surface area contributed by atoms with Gasteiger partial charge in [-0.15, -0.1) is 0 Å². The Labute approximate surface area is 165 Å². The number of anilines is 1. The summed E-state index contributed by atoms with van der Waals surface area (Å²) in [7, 11) is 3.03. The Morgan fingerprint density at radius 1 is 1.00 bits per heavy atom. The fourth-order valence-electron chi connectivity index (χ4n) is 2.73. The number of aromatic nitrogens is 1. The van der Waals surface area contributed by atoms with Crippen LogP contribution in [0.1, 0.15) is 15.9 Å². The number of ether oxygens (including phenoxy) is 2. The van der Waals surface area contributed by atoms with Crippen LogP contribution in [0.25, 0.3) is 0 Å². The number of amides is 1.